The molecule has 2 aromatic rings. The minimum absolute atomic E-state index is 0.0957. The summed E-state index contributed by atoms with van der Waals surface area (Å²) in [6.07, 6.45) is 0.677. The van der Waals surface area contributed by atoms with Crippen LogP contribution >= 0.6 is 0 Å². The number of amides is 1. The fourth-order valence-electron chi connectivity index (χ4n) is 1.49. The zero-order chi connectivity index (χ0) is 13.7. The maximum Gasteiger partial charge on any atom is 0.417 e. The zero-order valence-corrected chi connectivity index (χ0v) is 10.1. The van der Waals surface area contributed by atoms with Gasteiger partial charge in [-0.15, -0.1) is 0 Å². The van der Waals surface area contributed by atoms with E-state index in [2.05, 4.69) is 10.4 Å². The summed E-state index contributed by atoms with van der Waals surface area (Å²) in [6.45, 7) is 0.150. The van der Waals surface area contributed by atoms with Gasteiger partial charge in [0, 0.05) is 5.69 Å². The van der Waals surface area contributed by atoms with Gasteiger partial charge < -0.3 is 15.6 Å². The lowest BCUT2D eigenvalue weighted by Crippen LogP contribution is -2.17. The number of benzene rings is 1. The van der Waals surface area contributed by atoms with Gasteiger partial charge in [0.2, 0.25) is 0 Å². The highest BCUT2D eigenvalue weighted by Crippen LogP contribution is 2.20. The van der Waals surface area contributed by atoms with Crippen molar-refractivity contribution < 1.29 is 14.6 Å². The van der Waals surface area contributed by atoms with Crippen LogP contribution in [0.5, 0.6) is 5.75 Å². The lowest BCUT2D eigenvalue weighted by Gasteiger charge is -2.06. The van der Waals surface area contributed by atoms with E-state index in [1.54, 1.807) is 24.3 Å². The standard InChI is InChI=1S/C12H14N4O3/c13-11-10(8-14-16(11)6-7-17)19-12(18)15-9-4-2-1-3-5-9/h1-5,8,17H,6-7,13H2,(H,15,18). The molecule has 0 aliphatic rings. The van der Waals surface area contributed by atoms with Crippen LogP contribution in [-0.4, -0.2) is 27.6 Å². The first-order valence-electron chi connectivity index (χ1n) is 5.66. The predicted octanol–water partition coefficient (Wildman–Crippen LogP) is 1.07. The number of carbonyl (C=O) groups excluding carboxylic acids is 1. The van der Waals surface area contributed by atoms with E-state index in [1.165, 1.54) is 10.9 Å². The third-order valence-electron chi connectivity index (χ3n) is 2.38. The fourth-order valence-corrected chi connectivity index (χ4v) is 1.49. The van der Waals surface area contributed by atoms with E-state index < -0.39 is 6.09 Å². The minimum Gasteiger partial charge on any atom is -0.404 e. The van der Waals surface area contributed by atoms with Crippen LogP contribution < -0.4 is 15.8 Å². The van der Waals surface area contributed by atoms with Crippen molar-refractivity contribution in [1.29, 1.82) is 0 Å². The summed E-state index contributed by atoms with van der Waals surface area (Å²) < 4.78 is 6.39. The highest BCUT2D eigenvalue weighted by Gasteiger charge is 2.12. The van der Waals surface area contributed by atoms with Crippen LogP contribution in [0.1, 0.15) is 0 Å². The molecule has 1 aromatic heterocycles. The Labute approximate surface area is 109 Å². The molecule has 0 bridgehead atoms. The second-order valence-corrected chi connectivity index (χ2v) is 3.72. The van der Waals surface area contributed by atoms with Gasteiger partial charge >= 0.3 is 6.09 Å². The van der Waals surface area contributed by atoms with Gasteiger partial charge in [-0.3, -0.25) is 5.32 Å². The SMILES string of the molecule is Nc1c(OC(=O)Nc2ccccc2)cnn1CCO. The zero-order valence-electron chi connectivity index (χ0n) is 10.1. The number of aromatic nitrogens is 2. The van der Waals surface area contributed by atoms with E-state index in [0.717, 1.165) is 0 Å². The number of aliphatic hydroxyl groups excluding tert-OH is 1. The normalized spacial score (nSPS) is 10.2. The molecule has 0 aliphatic heterocycles. The molecule has 19 heavy (non-hydrogen) atoms. The van der Waals surface area contributed by atoms with Crippen LogP contribution in [0.25, 0.3) is 0 Å². The van der Waals surface area contributed by atoms with Crippen molar-refractivity contribution in [1.82, 2.24) is 9.78 Å². The number of para-hydroxylation sites is 1. The molecule has 0 spiro atoms. The first-order chi connectivity index (χ1) is 9.20. The lowest BCUT2D eigenvalue weighted by atomic mass is 10.3. The van der Waals surface area contributed by atoms with Gasteiger partial charge in [0.25, 0.3) is 0 Å². The van der Waals surface area contributed by atoms with Crippen LogP contribution in [-0.2, 0) is 6.54 Å². The summed E-state index contributed by atoms with van der Waals surface area (Å²) in [4.78, 5) is 11.6. The summed E-state index contributed by atoms with van der Waals surface area (Å²) in [5.41, 5.74) is 6.33. The molecule has 1 heterocycles. The third kappa shape index (κ3) is 3.23. The monoisotopic (exact) mass is 262 g/mol. The molecule has 0 atom stereocenters. The fraction of sp³-hybridized carbons (Fsp3) is 0.167. The van der Waals surface area contributed by atoms with Crippen molar-refractivity contribution in [3.63, 3.8) is 0 Å². The number of nitrogens with zero attached hydrogens (tertiary/aromatic N) is 2. The van der Waals surface area contributed by atoms with Gasteiger partial charge in [-0.2, -0.15) is 5.10 Å². The first-order valence-corrected chi connectivity index (χ1v) is 5.66. The van der Waals surface area contributed by atoms with E-state index in [4.69, 9.17) is 15.6 Å². The summed E-state index contributed by atoms with van der Waals surface area (Å²) in [6, 6.07) is 8.90. The number of nitrogen functional groups attached to an aromatic ring is 1. The second-order valence-electron chi connectivity index (χ2n) is 3.72. The molecule has 0 aliphatic carbocycles. The highest BCUT2D eigenvalue weighted by molar-refractivity contribution is 5.86. The van der Waals surface area contributed by atoms with Crippen molar-refractivity contribution in [3.8, 4) is 5.75 Å². The van der Waals surface area contributed by atoms with Crippen LogP contribution in [0.2, 0.25) is 0 Å². The number of aliphatic hydroxyl groups is 1. The van der Waals surface area contributed by atoms with Crippen molar-refractivity contribution in [2.45, 2.75) is 6.54 Å². The van der Waals surface area contributed by atoms with Gasteiger partial charge in [-0.1, -0.05) is 18.2 Å². The molecule has 0 saturated carbocycles. The van der Waals surface area contributed by atoms with E-state index >= 15 is 0 Å². The number of ether oxygens (including phenoxy) is 1. The second kappa shape index (κ2) is 5.87. The molecule has 100 valence electrons. The molecule has 7 nitrogen and oxygen atoms in total. The van der Waals surface area contributed by atoms with E-state index in [-0.39, 0.29) is 24.7 Å². The third-order valence-corrected chi connectivity index (χ3v) is 2.38. The first kappa shape index (κ1) is 12.9. The number of carbonyl (C=O) groups is 1. The van der Waals surface area contributed by atoms with Gasteiger partial charge in [0.1, 0.15) is 0 Å². The molecule has 1 aromatic carbocycles. The van der Waals surface area contributed by atoms with Crippen molar-refractivity contribution in [2.24, 2.45) is 0 Å². The lowest BCUT2D eigenvalue weighted by molar-refractivity contribution is 0.215. The summed E-state index contributed by atoms with van der Waals surface area (Å²) in [7, 11) is 0. The molecule has 7 heteroatoms. The topological polar surface area (TPSA) is 102 Å². The van der Waals surface area contributed by atoms with Crippen LogP contribution in [0.3, 0.4) is 0 Å². The number of nitrogens with one attached hydrogen (secondary N) is 1. The van der Waals surface area contributed by atoms with Crippen LogP contribution in [0.4, 0.5) is 16.3 Å². The Kier molecular flexibility index (Phi) is 3.99. The Bertz CT molecular complexity index is 553. The van der Waals surface area contributed by atoms with Gasteiger partial charge in [0.15, 0.2) is 11.6 Å². The van der Waals surface area contributed by atoms with Crippen molar-refractivity contribution in [2.75, 3.05) is 17.7 Å². The van der Waals surface area contributed by atoms with Crippen LogP contribution in [0, 0.1) is 0 Å². The molecule has 0 fully saturated rings. The average molecular weight is 262 g/mol. The summed E-state index contributed by atoms with van der Waals surface area (Å²) >= 11 is 0. The molecular formula is C12H14N4O3. The van der Waals surface area contributed by atoms with Gasteiger partial charge in [-0.05, 0) is 12.1 Å². The minimum atomic E-state index is -0.651. The molecule has 0 radical (unpaired) electrons. The number of hydrogen-bond donors (Lipinski definition) is 3. The summed E-state index contributed by atoms with van der Waals surface area (Å²) in [5.74, 6) is 0.346. The molecule has 0 saturated heterocycles. The summed E-state index contributed by atoms with van der Waals surface area (Å²) in [5, 5.41) is 15.2. The largest absolute Gasteiger partial charge is 0.417 e. The number of nitrogens with two attached hydrogens (primary N) is 1. The van der Waals surface area contributed by atoms with Crippen molar-refractivity contribution >= 4 is 17.6 Å². The number of rotatable bonds is 4. The van der Waals surface area contributed by atoms with E-state index in [0.29, 0.717) is 5.69 Å². The van der Waals surface area contributed by atoms with Crippen molar-refractivity contribution in [3.05, 3.63) is 36.5 Å². The molecule has 0 unspecified atom stereocenters. The Morgan fingerprint density at radius 2 is 2.16 bits per heavy atom. The Morgan fingerprint density at radius 1 is 1.42 bits per heavy atom. The quantitative estimate of drug-likeness (QED) is 0.764. The smallest absolute Gasteiger partial charge is 0.404 e. The van der Waals surface area contributed by atoms with Crippen LogP contribution in [0.15, 0.2) is 36.5 Å². The van der Waals surface area contributed by atoms with E-state index in [9.17, 15) is 4.79 Å². The Hall–Kier alpha value is -2.54. The molecular weight excluding hydrogens is 248 g/mol. The average Bonchev–Trinajstić information content (AvgIpc) is 2.73. The predicted molar refractivity (Wildman–Crippen MR) is 69.8 cm³/mol. The maximum atomic E-state index is 11.6. The molecule has 2 rings (SSSR count). The number of hydrogen-bond acceptors (Lipinski definition) is 5. The molecule has 4 N–H and O–H groups in total. The van der Waals surface area contributed by atoms with E-state index in [1.807, 2.05) is 6.07 Å². The molecule has 1 amide bonds. The number of anilines is 2. The van der Waals surface area contributed by atoms with Gasteiger partial charge in [-0.25, -0.2) is 9.48 Å². The highest BCUT2D eigenvalue weighted by atomic mass is 16.6. The Balaban J connectivity index is 1.99. The Morgan fingerprint density at radius 3 is 2.84 bits per heavy atom. The maximum absolute atomic E-state index is 11.6. The van der Waals surface area contributed by atoms with Gasteiger partial charge in [0.05, 0.1) is 19.3 Å².